The molecule has 1 atom stereocenters. The molecule has 1 aromatic heterocycles. The Hall–Kier alpha value is -2.70. The number of para-hydroxylation sites is 1. The van der Waals surface area contributed by atoms with Crippen LogP contribution in [0.3, 0.4) is 0 Å². The molecule has 1 unspecified atom stereocenters. The van der Waals surface area contributed by atoms with Gasteiger partial charge in [0.25, 0.3) is 0 Å². The summed E-state index contributed by atoms with van der Waals surface area (Å²) in [5, 5.41) is 3.29. The highest BCUT2D eigenvalue weighted by molar-refractivity contribution is 7.80. The lowest BCUT2D eigenvalue weighted by Crippen LogP contribution is -2.30. The maximum absolute atomic E-state index is 5.97. The molecule has 0 aliphatic carbocycles. The SMILES string of the molecule is NC(CS)CNc1ccc(Oc2ccccc2)nc1OCCc1ccccc1. The monoisotopic (exact) mass is 395 g/mol. The van der Waals surface area contributed by atoms with Crippen LogP contribution in [0.15, 0.2) is 72.8 Å². The summed E-state index contributed by atoms with van der Waals surface area (Å²) >= 11 is 4.22. The van der Waals surface area contributed by atoms with Crippen LogP contribution in [0.2, 0.25) is 0 Å². The van der Waals surface area contributed by atoms with Crippen LogP contribution in [0.5, 0.6) is 17.5 Å². The van der Waals surface area contributed by atoms with Gasteiger partial charge in [-0.25, -0.2) is 0 Å². The lowest BCUT2D eigenvalue weighted by molar-refractivity contribution is 0.306. The van der Waals surface area contributed by atoms with Gasteiger partial charge in [0, 0.05) is 30.8 Å². The summed E-state index contributed by atoms with van der Waals surface area (Å²) in [5.74, 6) is 2.29. The molecule has 3 rings (SSSR count). The van der Waals surface area contributed by atoms with E-state index in [1.54, 1.807) is 0 Å². The van der Waals surface area contributed by atoms with Gasteiger partial charge in [-0.05, 0) is 23.8 Å². The fourth-order valence-corrected chi connectivity index (χ4v) is 2.68. The maximum atomic E-state index is 5.97. The summed E-state index contributed by atoms with van der Waals surface area (Å²) in [4.78, 5) is 4.54. The van der Waals surface area contributed by atoms with E-state index in [2.05, 4.69) is 35.1 Å². The number of anilines is 1. The number of benzene rings is 2. The molecule has 6 heteroatoms. The Morgan fingerprint density at radius 2 is 1.68 bits per heavy atom. The first kappa shape index (κ1) is 20.0. The van der Waals surface area contributed by atoms with E-state index in [1.165, 1.54) is 5.56 Å². The van der Waals surface area contributed by atoms with Crippen LogP contribution in [-0.4, -0.2) is 29.9 Å². The number of rotatable bonds is 10. The van der Waals surface area contributed by atoms with Gasteiger partial charge in [-0.3, -0.25) is 0 Å². The number of nitrogens with zero attached hydrogens (tertiary/aromatic N) is 1. The molecule has 1 heterocycles. The largest absolute Gasteiger partial charge is 0.476 e. The topological polar surface area (TPSA) is 69.4 Å². The molecule has 0 saturated carbocycles. The van der Waals surface area contributed by atoms with Crippen LogP contribution in [-0.2, 0) is 6.42 Å². The van der Waals surface area contributed by atoms with Crippen LogP contribution in [0.25, 0.3) is 0 Å². The standard InChI is InChI=1S/C22H25N3O2S/c23-18(16-28)15-24-20-11-12-21(27-19-9-5-2-6-10-19)25-22(20)26-14-13-17-7-3-1-4-8-17/h1-12,18,24,28H,13-16,23H2. The predicted molar refractivity (Wildman–Crippen MR) is 117 cm³/mol. The highest BCUT2D eigenvalue weighted by Gasteiger charge is 2.10. The van der Waals surface area contributed by atoms with Crippen molar-refractivity contribution in [2.45, 2.75) is 12.5 Å². The molecule has 0 amide bonds. The first-order valence-corrected chi connectivity index (χ1v) is 9.89. The highest BCUT2D eigenvalue weighted by atomic mass is 32.1. The summed E-state index contributed by atoms with van der Waals surface area (Å²) in [7, 11) is 0. The number of aromatic nitrogens is 1. The van der Waals surface area contributed by atoms with E-state index in [4.69, 9.17) is 15.2 Å². The first-order valence-electron chi connectivity index (χ1n) is 9.25. The van der Waals surface area contributed by atoms with Gasteiger partial charge in [-0.2, -0.15) is 17.6 Å². The second-order valence-corrected chi connectivity index (χ2v) is 6.69. The molecule has 0 aliphatic heterocycles. The molecule has 0 saturated heterocycles. The average Bonchev–Trinajstić information content (AvgIpc) is 2.74. The fourth-order valence-electron chi connectivity index (χ4n) is 2.55. The summed E-state index contributed by atoms with van der Waals surface area (Å²) in [6.45, 7) is 1.10. The third-order valence-electron chi connectivity index (χ3n) is 4.06. The molecule has 2 aromatic carbocycles. The Bertz CT molecular complexity index is 847. The van der Waals surface area contributed by atoms with Crippen molar-refractivity contribution in [3.8, 4) is 17.5 Å². The number of nitrogens with one attached hydrogen (secondary N) is 1. The Balaban J connectivity index is 1.70. The zero-order valence-electron chi connectivity index (χ0n) is 15.6. The van der Waals surface area contributed by atoms with Crippen molar-refractivity contribution in [1.29, 1.82) is 0 Å². The molecule has 5 nitrogen and oxygen atoms in total. The minimum atomic E-state index is -0.0549. The van der Waals surface area contributed by atoms with Crippen LogP contribution in [0.4, 0.5) is 5.69 Å². The zero-order valence-corrected chi connectivity index (χ0v) is 16.5. The number of ether oxygens (including phenoxy) is 2. The summed E-state index contributed by atoms with van der Waals surface area (Å²) in [6, 6.07) is 23.4. The Kier molecular flexibility index (Phi) is 7.58. The molecule has 146 valence electrons. The number of nitrogens with two attached hydrogens (primary N) is 1. The van der Waals surface area contributed by atoms with Crippen molar-refractivity contribution < 1.29 is 9.47 Å². The van der Waals surface area contributed by atoms with E-state index in [1.807, 2.05) is 60.7 Å². The minimum absolute atomic E-state index is 0.0549. The third kappa shape index (κ3) is 6.18. The van der Waals surface area contributed by atoms with Crippen LogP contribution in [0, 0.1) is 0 Å². The highest BCUT2D eigenvalue weighted by Crippen LogP contribution is 2.28. The lowest BCUT2D eigenvalue weighted by Gasteiger charge is -2.16. The van der Waals surface area contributed by atoms with Gasteiger partial charge in [0.1, 0.15) is 5.75 Å². The van der Waals surface area contributed by atoms with Crippen molar-refractivity contribution in [2.75, 3.05) is 24.2 Å². The molecule has 0 spiro atoms. The van der Waals surface area contributed by atoms with E-state index in [-0.39, 0.29) is 6.04 Å². The molecular formula is C22H25N3O2S. The van der Waals surface area contributed by atoms with Gasteiger partial charge in [0.2, 0.25) is 11.8 Å². The Labute approximate surface area is 171 Å². The molecule has 3 N–H and O–H groups in total. The molecule has 3 aromatic rings. The molecule has 0 radical (unpaired) electrons. The number of thiol groups is 1. The van der Waals surface area contributed by atoms with Crippen LogP contribution in [0.1, 0.15) is 5.56 Å². The lowest BCUT2D eigenvalue weighted by atomic mass is 10.2. The minimum Gasteiger partial charge on any atom is -0.476 e. The number of pyridine rings is 1. The number of hydrogen-bond acceptors (Lipinski definition) is 6. The van der Waals surface area contributed by atoms with E-state index in [9.17, 15) is 0 Å². The third-order valence-corrected chi connectivity index (χ3v) is 4.53. The Morgan fingerprint density at radius 1 is 0.964 bits per heavy atom. The van der Waals surface area contributed by atoms with E-state index >= 15 is 0 Å². The average molecular weight is 396 g/mol. The van der Waals surface area contributed by atoms with E-state index < -0.39 is 0 Å². The van der Waals surface area contributed by atoms with Gasteiger partial charge in [-0.15, -0.1) is 0 Å². The fraction of sp³-hybridized carbons (Fsp3) is 0.227. The summed E-state index contributed by atoms with van der Waals surface area (Å²) < 4.78 is 11.8. The number of hydrogen-bond donors (Lipinski definition) is 3. The van der Waals surface area contributed by atoms with E-state index in [0.29, 0.717) is 30.7 Å². The molecule has 28 heavy (non-hydrogen) atoms. The van der Waals surface area contributed by atoms with Crippen molar-refractivity contribution in [1.82, 2.24) is 4.98 Å². The van der Waals surface area contributed by atoms with Crippen molar-refractivity contribution in [3.05, 3.63) is 78.4 Å². The van der Waals surface area contributed by atoms with Crippen molar-refractivity contribution >= 4 is 18.3 Å². The van der Waals surface area contributed by atoms with Gasteiger partial charge in [0.05, 0.1) is 12.3 Å². The van der Waals surface area contributed by atoms with Crippen LogP contribution < -0.4 is 20.5 Å². The zero-order chi connectivity index (χ0) is 19.6. The summed E-state index contributed by atoms with van der Waals surface area (Å²) in [6.07, 6.45) is 0.794. The molecule has 0 aliphatic rings. The predicted octanol–water partition coefficient (Wildman–Crippen LogP) is 4.16. The van der Waals surface area contributed by atoms with Gasteiger partial charge >= 0.3 is 0 Å². The Morgan fingerprint density at radius 3 is 2.39 bits per heavy atom. The molecule has 0 fully saturated rings. The second-order valence-electron chi connectivity index (χ2n) is 6.32. The quantitative estimate of drug-likeness (QED) is 0.450. The van der Waals surface area contributed by atoms with Gasteiger partial charge in [0.15, 0.2) is 0 Å². The first-order chi connectivity index (χ1) is 13.7. The molecule has 0 bridgehead atoms. The van der Waals surface area contributed by atoms with Gasteiger partial charge < -0.3 is 20.5 Å². The second kappa shape index (κ2) is 10.6. The van der Waals surface area contributed by atoms with Gasteiger partial charge in [-0.1, -0.05) is 48.5 Å². The maximum Gasteiger partial charge on any atom is 0.240 e. The summed E-state index contributed by atoms with van der Waals surface area (Å²) in [5.41, 5.74) is 7.95. The van der Waals surface area contributed by atoms with Crippen molar-refractivity contribution in [3.63, 3.8) is 0 Å². The smallest absolute Gasteiger partial charge is 0.240 e. The van der Waals surface area contributed by atoms with Crippen LogP contribution >= 0.6 is 12.6 Å². The normalized spacial score (nSPS) is 11.6. The molecular weight excluding hydrogens is 370 g/mol. The van der Waals surface area contributed by atoms with Crippen molar-refractivity contribution in [2.24, 2.45) is 5.73 Å². The van der Waals surface area contributed by atoms with E-state index in [0.717, 1.165) is 17.9 Å².